The molecule has 0 unspecified atom stereocenters. The highest BCUT2D eigenvalue weighted by atomic mass is 35.5. The summed E-state index contributed by atoms with van der Waals surface area (Å²) in [6, 6.07) is 9.11. The summed E-state index contributed by atoms with van der Waals surface area (Å²) in [6.07, 6.45) is 1.57. The third-order valence-electron chi connectivity index (χ3n) is 6.21. The molecule has 2 aliphatic heterocycles. The molecule has 2 heterocycles. The van der Waals surface area contributed by atoms with Gasteiger partial charge < -0.3 is 25.3 Å². The van der Waals surface area contributed by atoms with E-state index in [2.05, 4.69) is 37.2 Å². The van der Waals surface area contributed by atoms with E-state index in [0.29, 0.717) is 47.5 Å². The Balaban J connectivity index is 1.57. The molecule has 2 saturated heterocycles. The molecule has 0 radical (unpaired) electrons. The predicted octanol–water partition coefficient (Wildman–Crippen LogP) is 3.38. The number of thiocarbonyl (C=S) groups is 1. The van der Waals surface area contributed by atoms with Crippen molar-refractivity contribution in [1.82, 2.24) is 10.3 Å². The number of piperazine rings is 2. The zero-order valence-corrected chi connectivity index (χ0v) is 21.3. The maximum Gasteiger partial charge on any atom is 0.184 e. The van der Waals surface area contributed by atoms with Crippen LogP contribution in [0.15, 0.2) is 35.4 Å². The molecule has 3 N–H and O–H groups in total. The van der Waals surface area contributed by atoms with Gasteiger partial charge in [0.15, 0.2) is 5.11 Å². The largest absolute Gasteiger partial charge is 0.375 e. The molecular formula is C23H28Cl2FN7S. The van der Waals surface area contributed by atoms with Crippen molar-refractivity contribution in [3.63, 3.8) is 0 Å². The molecule has 2 aliphatic rings. The lowest BCUT2D eigenvalue weighted by molar-refractivity contribution is 0.313. The van der Waals surface area contributed by atoms with Crippen molar-refractivity contribution in [2.24, 2.45) is 10.8 Å². The minimum absolute atomic E-state index is 0.0622. The SMILES string of the molecule is CN1CCN(c2cc(N3CCN(c4cccc(Cl)c4Cl)CC3)c(F)cc2/C=N/NC(N)=S)CC1. The van der Waals surface area contributed by atoms with Crippen molar-refractivity contribution >= 4 is 63.8 Å². The van der Waals surface area contributed by atoms with Crippen molar-refractivity contribution in [3.8, 4) is 0 Å². The van der Waals surface area contributed by atoms with Crippen molar-refractivity contribution in [2.45, 2.75) is 0 Å². The third kappa shape index (κ3) is 5.66. The van der Waals surface area contributed by atoms with Crippen LogP contribution in [0.3, 0.4) is 0 Å². The standard InChI is InChI=1S/C23H28Cl2FN7S/c1-30-5-7-32(8-6-30)20-14-21(18(26)13-16(20)15-28-29-23(27)34)33-11-9-31(10-12-33)19-4-2-3-17(24)22(19)25/h2-4,13-15H,5-12H2,1H3,(H3,27,29,34)/b28-15+. The lowest BCUT2D eigenvalue weighted by Crippen LogP contribution is -2.47. The number of hydrazone groups is 1. The smallest absolute Gasteiger partial charge is 0.184 e. The third-order valence-corrected chi connectivity index (χ3v) is 7.11. The average Bonchev–Trinajstić information content (AvgIpc) is 2.82. The first kappa shape index (κ1) is 24.8. The number of halogens is 3. The monoisotopic (exact) mass is 523 g/mol. The molecule has 0 bridgehead atoms. The van der Waals surface area contributed by atoms with Crippen molar-refractivity contribution in [3.05, 3.63) is 51.8 Å². The number of hydrogen-bond acceptors (Lipinski definition) is 6. The van der Waals surface area contributed by atoms with Crippen molar-refractivity contribution in [1.29, 1.82) is 0 Å². The van der Waals surface area contributed by atoms with Crippen LogP contribution in [-0.2, 0) is 0 Å². The first-order valence-electron chi connectivity index (χ1n) is 11.1. The molecular weight excluding hydrogens is 496 g/mol. The minimum atomic E-state index is -0.288. The second-order valence-electron chi connectivity index (χ2n) is 8.43. The van der Waals surface area contributed by atoms with Crippen LogP contribution in [0.2, 0.25) is 10.0 Å². The topological polar surface area (TPSA) is 63.4 Å². The summed E-state index contributed by atoms with van der Waals surface area (Å²) in [5, 5.41) is 5.21. The molecule has 4 rings (SSSR count). The molecule has 7 nitrogen and oxygen atoms in total. The quantitative estimate of drug-likeness (QED) is 0.353. The predicted molar refractivity (Wildman–Crippen MR) is 145 cm³/mol. The summed E-state index contributed by atoms with van der Waals surface area (Å²) >= 11 is 17.4. The summed E-state index contributed by atoms with van der Waals surface area (Å²) in [6.45, 7) is 6.34. The maximum atomic E-state index is 15.3. The summed E-state index contributed by atoms with van der Waals surface area (Å²) < 4.78 is 15.3. The fourth-order valence-electron chi connectivity index (χ4n) is 4.32. The van der Waals surface area contributed by atoms with E-state index < -0.39 is 0 Å². The first-order valence-corrected chi connectivity index (χ1v) is 12.3. The molecule has 2 aromatic carbocycles. The van der Waals surface area contributed by atoms with Gasteiger partial charge in [-0.15, -0.1) is 0 Å². The number of nitrogens with two attached hydrogens (primary N) is 1. The molecule has 11 heteroatoms. The summed E-state index contributed by atoms with van der Waals surface area (Å²) in [4.78, 5) is 8.82. The Hall–Kier alpha value is -2.33. The average molecular weight is 524 g/mol. The Morgan fingerprint density at radius 3 is 2.21 bits per heavy atom. The van der Waals surface area contributed by atoms with Crippen LogP contribution in [0, 0.1) is 5.82 Å². The highest BCUT2D eigenvalue weighted by Crippen LogP contribution is 2.35. The molecule has 0 saturated carbocycles. The van der Waals surface area contributed by atoms with E-state index in [4.69, 9.17) is 41.2 Å². The van der Waals surface area contributed by atoms with Gasteiger partial charge in [-0.1, -0.05) is 29.3 Å². The molecule has 34 heavy (non-hydrogen) atoms. The molecule has 182 valence electrons. The van der Waals surface area contributed by atoms with Crippen molar-refractivity contribution in [2.75, 3.05) is 74.1 Å². The molecule has 0 spiro atoms. The van der Waals surface area contributed by atoms with E-state index in [-0.39, 0.29) is 10.9 Å². The van der Waals surface area contributed by atoms with Gasteiger partial charge in [-0.2, -0.15) is 5.10 Å². The second kappa shape index (κ2) is 10.9. The maximum absolute atomic E-state index is 15.3. The van der Waals surface area contributed by atoms with Gasteiger partial charge in [-0.3, -0.25) is 5.43 Å². The van der Waals surface area contributed by atoms with Gasteiger partial charge in [-0.25, -0.2) is 4.39 Å². The summed E-state index contributed by atoms with van der Waals surface area (Å²) in [5.41, 5.74) is 11.1. The van der Waals surface area contributed by atoms with Crippen molar-refractivity contribution < 1.29 is 4.39 Å². The number of nitrogens with one attached hydrogen (secondary N) is 1. The minimum Gasteiger partial charge on any atom is -0.375 e. The fraction of sp³-hybridized carbons (Fsp3) is 0.391. The van der Waals surface area contributed by atoms with E-state index in [0.717, 1.165) is 37.6 Å². The van der Waals surface area contributed by atoms with Gasteiger partial charge in [0.2, 0.25) is 0 Å². The second-order valence-corrected chi connectivity index (χ2v) is 9.66. The van der Waals surface area contributed by atoms with Gasteiger partial charge in [0, 0.05) is 63.6 Å². The zero-order valence-electron chi connectivity index (χ0n) is 19.0. The number of rotatable bonds is 5. The van der Waals surface area contributed by atoms with E-state index in [9.17, 15) is 0 Å². The van der Waals surface area contributed by atoms with Crippen LogP contribution in [0.5, 0.6) is 0 Å². The Morgan fingerprint density at radius 1 is 0.971 bits per heavy atom. The van der Waals surface area contributed by atoms with E-state index in [1.807, 2.05) is 18.2 Å². The molecule has 2 fully saturated rings. The van der Waals surface area contributed by atoms with Gasteiger partial charge in [0.25, 0.3) is 0 Å². The lowest BCUT2D eigenvalue weighted by Gasteiger charge is -2.39. The van der Waals surface area contributed by atoms with Crippen LogP contribution in [0.4, 0.5) is 21.5 Å². The number of anilines is 3. The normalized spacial score (nSPS) is 17.5. The fourth-order valence-corrected chi connectivity index (χ4v) is 4.79. The molecule has 0 aliphatic carbocycles. The van der Waals surface area contributed by atoms with E-state index in [1.54, 1.807) is 12.3 Å². The zero-order chi connectivity index (χ0) is 24.2. The van der Waals surface area contributed by atoms with Gasteiger partial charge >= 0.3 is 0 Å². The van der Waals surface area contributed by atoms with Crippen LogP contribution >= 0.6 is 35.4 Å². The highest BCUT2D eigenvalue weighted by molar-refractivity contribution is 7.80. The first-order chi connectivity index (χ1) is 16.3. The lowest BCUT2D eigenvalue weighted by atomic mass is 10.1. The number of hydrogen-bond donors (Lipinski definition) is 2. The van der Waals surface area contributed by atoms with Crippen LogP contribution in [0.25, 0.3) is 0 Å². The van der Waals surface area contributed by atoms with Gasteiger partial charge in [-0.05, 0) is 43.5 Å². The van der Waals surface area contributed by atoms with E-state index >= 15 is 4.39 Å². The number of nitrogens with zero attached hydrogens (tertiary/aromatic N) is 5. The Kier molecular flexibility index (Phi) is 7.98. The summed E-state index contributed by atoms with van der Waals surface area (Å²) in [7, 11) is 2.10. The highest BCUT2D eigenvalue weighted by Gasteiger charge is 2.25. The Bertz CT molecular complexity index is 1070. The number of likely N-dealkylation sites (N-methyl/N-ethyl adjacent to an activating group) is 1. The Labute approximate surface area is 214 Å². The Morgan fingerprint density at radius 2 is 1.56 bits per heavy atom. The molecule has 0 amide bonds. The molecule has 0 atom stereocenters. The van der Waals surface area contributed by atoms with Gasteiger partial charge in [0.1, 0.15) is 5.82 Å². The molecule has 0 aromatic heterocycles. The van der Waals surface area contributed by atoms with Crippen LogP contribution in [0.1, 0.15) is 5.56 Å². The van der Waals surface area contributed by atoms with Crippen LogP contribution < -0.4 is 25.9 Å². The molecule has 2 aromatic rings. The van der Waals surface area contributed by atoms with E-state index in [1.165, 1.54) is 6.07 Å². The van der Waals surface area contributed by atoms with Crippen LogP contribution in [-0.4, -0.2) is 75.6 Å². The van der Waals surface area contributed by atoms with Gasteiger partial charge in [0.05, 0.1) is 27.6 Å². The summed E-state index contributed by atoms with van der Waals surface area (Å²) in [5.74, 6) is -0.288. The number of benzene rings is 2.